The molecule has 0 aliphatic carbocycles. The van der Waals surface area contributed by atoms with E-state index in [2.05, 4.69) is 34.9 Å². The molecule has 0 aliphatic rings. The van der Waals surface area contributed by atoms with Crippen LogP contribution in [0, 0.1) is 0 Å². The molecule has 0 saturated heterocycles. The van der Waals surface area contributed by atoms with E-state index in [-0.39, 0.29) is 0 Å². The van der Waals surface area contributed by atoms with Gasteiger partial charge in [-0.15, -0.1) is 0 Å². The summed E-state index contributed by atoms with van der Waals surface area (Å²) in [4.78, 5) is 0. The number of likely N-dealkylation sites (N-methyl/N-ethyl adjacent to an activating group) is 1. The van der Waals surface area contributed by atoms with Gasteiger partial charge in [0.05, 0.1) is 53.4 Å². The van der Waals surface area contributed by atoms with E-state index in [9.17, 15) is 0 Å². The van der Waals surface area contributed by atoms with Crippen LogP contribution < -0.4 is 0 Å². The molecular formula is C14H34N2O+2. The first kappa shape index (κ1) is 16.9. The molecule has 0 aromatic rings. The number of rotatable bonds is 10. The summed E-state index contributed by atoms with van der Waals surface area (Å²) in [7, 11) is 6.51. The van der Waals surface area contributed by atoms with Gasteiger partial charge < -0.3 is 13.7 Å². The van der Waals surface area contributed by atoms with Crippen LogP contribution in [0.5, 0.6) is 0 Å². The highest BCUT2D eigenvalue weighted by molar-refractivity contribution is 4.42. The van der Waals surface area contributed by atoms with Gasteiger partial charge >= 0.3 is 0 Å². The van der Waals surface area contributed by atoms with Gasteiger partial charge in [0.1, 0.15) is 6.54 Å². The maximum atomic E-state index is 5.21. The van der Waals surface area contributed by atoms with Gasteiger partial charge in [-0.05, 0) is 20.8 Å². The Morgan fingerprint density at radius 2 is 1.24 bits per heavy atom. The predicted molar refractivity (Wildman–Crippen MR) is 75.1 cm³/mol. The normalized spacial score (nSPS) is 15.9. The lowest BCUT2D eigenvalue weighted by atomic mass is 10.2. The Morgan fingerprint density at radius 1 is 0.765 bits per heavy atom. The SMILES string of the molecule is CC[N+](C)(CC)CCC[N+](C)(CC)CCOC. The van der Waals surface area contributed by atoms with Crippen molar-refractivity contribution in [3.05, 3.63) is 0 Å². The molecule has 0 heterocycles. The standard InChI is InChI=1S/C14H34N2O/c1-7-15(4,8-2)11-10-12-16(5,9-3)13-14-17-6/h7-14H2,1-6H3/q+2. The minimum atomic E-state index is 0.873. The topological polar surface area (TPSA) is 9.23 Å². The smallest absolute Gasteiger partial charge is 0.102 e. The molecule has 0 fully saturated rings. The van der Waals surface area contributed by atoms with Gasteiger partial charge in [0, 0.05) is 13.5 Å². The molecule has 0 amide bonds. The number of ether oxygens (including phenoxy) is 1. The summed E-state index contributed by atoms with van der Waals surface area (Å²) >= 11 is 0. The second-order valence-electron chi connectivity index (χ2n) is 5.70. The highest BCUT2D eigenvalue weighted by atomic mass is 16.5. The van der Waals surface area contributed by atoms with E-state index >= 15 is 0 Å². The van der Waals surface area contributed by atoms with Crippen LogP contribution in [0.25, 0.3) is 0 Å². The molecule has 0 radical (unpaired) electrons. The molecule has 0 aliphatic heterocycles. The summed E-state index contributed by atoms with van der Waals surface area (Å²) in [5.74, 6) is 0. The van der Waals surface area contributed by atoms with E-state index in [1.54, 1.807) is 7.11 Å². The maximum Gasteiger partial charge on any atom is 0.102 e. The highest BCUT2D eigenvalue weighted by Crippen LogP contribution is 2.08. The quantitative estimate of drug-likeness (QED) is 0.536. The fourth-order valence-electron chi connectivity index (χ4n) is 2.11. The van der Waals surface area contributed by atoms with Crippen LogP contribution in [-0.4, -0.2) is 76.0 Å². The minimum Gasteiger partial charge on any atom is -0.379 e. The second-order valence-corrected chi connectivity index (χ2v) is 5.70. The lowest BCUT2D eigenvalue weighted by Gasteiger charge is -2.36. The zero-order chi connectivity index (χ0) is 13.4. The first-order valence-corrected chi connectivity index (χ1v) is 7.11. The first-order chi connectivity index (χ1) is 7.95. The van der Waals surface area contributed by atoms with E-state index in [1.165, 1.54) is 43.6 Å². The van der Waals surface area contributed by atoms with Crippen molar-refractivity contribution in [3.8, 4) is 0 Å². The fraction of sp³-hybridized carbons (Fsp3) is 1.00. The molecule has 0 spiro atoms. The van der Waals surface area contributed by atoms with Gasteiger partial charge in [0.15, 0.2) is 0 Å². The summed E-state index contributed by atoms with van der Waals surface area (Å²) < 4.78 is 7.55. The molecule has 1 unspecified atom stereocenters. The first-order valence-electron chi connectivity index (χ1n) is 7.11. The van der Waals surface area contributed by atoms with Crippen LogP contribution in [0.2, 0.25) is 0 Å². The van der Waals surface area contributed by atoms with Crippen molar-refractivity contribution in [1.29, 1.82) is 0 Å². The Hall–Kier alpha value is -0.120. The fourth-order valence-corrected chi connectivity index (χ4v) is 2.11. The van der Waals surface area contributed by atoms with Crippen molar-refractivity contribution in [2.45, 2.75) is 27.2 Å². The van der Waals surface area contributed by atoms with E-state index in [1.807, 2.05) is 0 Å². The molecule has 0 N–H and O–H groups in total. The summed E-state index contributed by atoms with van der Waals surface area (Å²) in [6.07, 6.45) is 1.31. The van der Waals surface area contributed by atoms with E-state index in [4.69, 9.17) is 4.74 Å². The van der Waals surface area contributed by atoms with Crippen LogP contribution in [-0.2, 0) is 4.74 Å². The average Bonchev–Trinajstić information content (AvgIpc) is 2.36. The molecule has 0 saturated carbocycles. The van der Waals surface area contributed by atoms with Crippen LogP contribution >= 0.6 is 0 Å². The van der Waals surface area contributed by atoms with Crippen molar-refractivity contribution < 1.29 is 13.7 Å². The van der Waals surface area contributed by atoms with Gasteiger partial charge in [-0.3, -0.25) is 0 Å². The van der Waals surface area contributed by atoms with Gasteiger partial charge in [-0.1, -0.05) is 0 Å². The van der Waals surface area contributed by atoms with Gasteiger partial charge in [-0.25, -0.2) is 0 Å². The van der Waals surface area contributed by atoms with Crippen molar-refractivity contribution in [3.63, 3.8) is 0 Å². The molecule has 0 aromatic heterocycles. The third kappa shape index (κ3) is 6.39. The molecule has 3 nitrogen and oxygen atoms in total. The third-order valence-electron chi connectivity index (χ3n) is 4.52. The molecule has 17 heavy (non-hydrogen) atoms. The predicted octanol–water partition coefficient (Wildman–Crippen LogP) is 1.98. The molecule has 0 aromatic carbocycles. The lowest BCUT2D eigenvalue weighted by Crippen LogP contribution is -2.50. The molecule has 3 heteroatoms. The van der Waals surface area contributed by atoms with Crippen LogP contribution in [0.4, 0.5) is 0 Å². The largest absolute Gasteiger partial charge is 0.379 e. The minimum absolute atomic E-state index is 0.873. The monoisotopic (exact) mass is 246 g/mol. The molecule has 0 rings (SSSR count). The van der Waals surface area contributed by atoms with Crippen molar-refractivity contribution in [2.24, 2.45) is 0 Å². The Kier molecular flexibility index (Phi) is 8.01. The summed E-state index contributed by atoms with van der Waals surface area (Å²) in [6, 6.07) is 0. The summed E-state index contributed by atoms with van der Waals surface area (Å²) in [5.41, 5.74) is 0. The Balaban J connectivity index is 4.06. The Labute approximate surface area is 109 Å². The molecule has 1 atom stereocenters. The van der Waals surface area contributed by atoms with Crippen LogP contribution in [0.15, 0.2) is 0 Å². The third-order valence-corrected chi connectivity index (χ3v) is 4.52. The van der Waals surface area contributed by atoms with E-state index in [0.29, 0.717) is 0 Å². The Morgan fingerprint density at radius 3 is 1.65 bits per heavy atom. The van der Waals surface area contributed by atoms with E-state index < -0.39 is 0 Å². The second kappa shape index (κ2) is 8.06. The van der Waals surface area contributed by atoms with Crippen molar-refractivity contribution in [2.75, 3.05) is 67.1 Å². The molecule has 0 bridgehead atoms. The summed E-state index contributed by atoms with van der Waals surface area (Å²) in [6.45, 7) is 15.1. The van der Waals surface area contributed by atoms with Crippen LogP contribution in [0.1, 0.15) is 27.2 Å². The molecule has 104 valence electrons. The zero-order valence-electron chi connectivity index (χ0n) is 13.0. The number of hydrogen-bond donors (Lipinski definition) is 0. The zero-order valence-corrected chi connectivity index (χ0v) is 13.0. The van der Waals surface area contributed by atoms with Crippen LogP contribution in [0.3, 0.4) is 0 Å². The number of hydrogen-bond acceptors (Lipinski definition) is 1. The number of nitrogens with zero attached hydrogens (tertiary/aromatic N) is 2. The molecular weight excluding hydrogens is 212 g/mol. The highest BCUT2D eigenvalue weighted by Gasteiger charge is 2.22. The maximum absolute atomic E-state index is 5.21. The Bertz CT molecular complexity index is 193. The van der Waals surface area contributed by atoms with Gasteiger partial charge in [-0.2, -0.15) is 0 Å². The lowest BCUT2D eigenvalue weighted by molar-refractivity contribution is -0.925. The number of methoxy groups -OCH3 is 1. The summed E-state index contributed by atoms with van der Waals surface area (Å²) in [5, 5.41) is 0. The van der Waals surface area contributed by atoms with Gasteiger partial charge in [0.2, 0.25) is 0 Å². The van der Waals surface area contributed by atoms with E-state index in [0.717, 1.165) is 17.6 Å². The van der Waals surface area contributed by atoms with Gasteiger partial charge in [0.25, 0.3) is 0 Å². The van der Waals surface area contributed by atoms with Crippen molar-refractivity contribution >= 4 is 0 Å². The number of quaternary nitrogens is 2. The van der Waals surface area contributed by atoms with Crippen molar-refractivity contribution in [1.82, 2.24) is 0 Å². The average molecular weight is 246 g/mol.